The number of aliphatic hydroxyl groups is 1. The van der Waals surface area contributed by atoms with Gasteiger partial charge < -0.3 is 14.4 Å². The Hall–Kier alpha value is -1.53. The molecule has 1 heterocycles. The molecule has 0 radical (unpaired) electrons. The summed E-state index contributed by atoms with van der Waals surface area (Å²) >= 11 is 1.47. The number of benzene rings is 1. The largest absolute Gasteiger partial charge is 0.491 e. The van der Waals surface area contributed by atoms with Gasteiger partial charge in [0.15, 0.2) is 5.16 Å². The molecule has 0 saturated carbocycles. The number of hydrogen-bond acceptors (Lipinski definition) is 5. The average molecular weight is 335 g/mol. The van der Waals surface area contributed by atoms with Gasteiger partial charge in [0, 0.05) is 12.8 Å². The predicted octanol–water partition coefficient (Wildman–Crippen LogP) is 2.95. The van der Waals surface area contributed by atoms with E-state index >= 15 is 0 Å². The molecule has 1 N–H and O–H groups in total. The molecule has 0 saturated heterocycles. The fourth-order valence-electron chi connectivity index (χ4n) is 2.09. The molecule has 0 amide bonds. The van der Waals surface area contributed by atoms with E-state index in [0.717, 1.165) is 16.5 Å². The van der Waals surface area contributed by atoms with Crippen LogP contribution >= 0.6 is 11.8 Å². The van der Waals surface area contributed by atoms with E-state index in [-0.39, 0.29) is 12.0 Å². The van der Waals surface area contributed by atoms with Crippen molar-refractivity contribution in [3.05, 3.63) is 35.7 Å². The third kappa shape index (κ3) is 4.97. The quantitative estimate of drug-likeness (QED) is 0.823. The minimum absolute atomic E-state index is 0.121. The maximum atomic E-state index is 10.1. The Morgan fingerprint density at radius 1 is 1.35 bits per heavy atom. The number of ether oxygens (including phenoxy) is 1. The molecule has 0 bridgehead atoms. The van der Waals surface area contributed by atoms with Crippen LogP contribution in [0.4, 0.5) is 0 Å². The highest BCUT2D eigenvalue weighted by atomic mass is 32.2. The van der Waals surface area contributed by atoms with Crippen LogP contribution in [0.3, 0.4) is 0 Å². The lowest BCUT2D eigenvalue weighted by atomic mass is 9.86. The van der Waals surface area contributed by atoms with Gasteiger partial charge in [0.05, 0.1) is 6.10 Å². The molecule has 0 unspecified atom stereocenters. The Bertz CT molecular complexity index is 650. The zero-order valence-corrected chi connectivity index (χ0v) is 15.2. The minimum atomic E-state index is -0.557. The maximum absolute atomic E-state index is 10.1. The molecule has 2 rings (SSSR count). The molecule has 5 nitrogen and oxygen atoms in total. The van der Waals surface area contributed by atoms with Crippen LogP contribution in [-0.2, 0) is 12.5 Å². The van der Waals surface area contributed by atoms with E-state index in [1.807, 2.05) is 24.6 Å². The molecule has 126 valence electrons. The second kappa shape index (κ2) is 7.36. The van der Waals surface area contributed by atoms with Gasteiger partial charge in [-0.1, -0.05) is 44.7 Å². The van der Waals surface area contributed by atoms with E-state index in [0.29, 0.717) is 5.75 Å². The normalized spacial score (nSPS) is 13.1. The topological polar surface area (TPSA) is 60.2 Å². The van der Waals surface area contributed by atoms with Crippen molar-refractivity contribution in [2.24, 2.45) is 7.05 Å². The second-order valence-corrected chi connectivity index (χ2v) is 7.72. The highest BCUT2D eigenvalue weighted by Crippen LogP contribution is 2.27. The van der Waals surface area contributed by atoms with Gasteiger partial charge in [-0.15, -0.1) is 10.2 Å². The first-order valence-corrected chi connectivity index (χ1v) is 8.64. The summed E-state index contributed by atoms with van der Waals surface area (Å²) in [7, 11) is 1.88. The van der Waals surface area contributed by atoms with Crippen molar-refractivity contribution in [1.29, 1.82) is 0 Å². The molecule has 0 aliphatic rings. The van der Waals surface area contributed by atoms with E-state index in [1.165, 1.54) is 17.3 Å². The van der Waals surface area contributed by atoms with E-state index in [2.05, 4.69) is 43.1 Å². The fourth-order valence-corrected chi connectivity index (χ4v) is 2.88. The van der Waals surface area contributed by atoms with Crippen LogP contribution in [0.5, 0.6) is 5.75 Å². The summed E-state index contributed by atoms with van der Waals surface area (Å²) in [4.78, 5) is 0. The molecule has 6 heteroatoms. The first kappa shape index (κ1) is 17.8. The summed E-state index contributed by atoms with van der Waals surface area (Å²) in [6.45, 7) is 8.87. The molecule has 0 aliphatic carbocycles. The maximum Gasteiger partial charge on any atom is 0.190 e. The molecule has 1 aromatic heterocycles. The van der Waals surface area contributed by atoms with Gasteiger partial charge in [0.25, 0.3) is 0 Å². The second-order valence-electron chi connectivity index (χ2n) is 6.73. The molecule has 0 aliphatic heterocycles. The first-order chi connectivity index (χ1) is 10.8. The van der Waals surface area contributed by atoms with Crippen molar-refractivity contribution in [3.63, 3.8) is 0 Å². The molecule has 1 atom stereocenters. The lowest BCUT2D eigenvalue weighted by Crippen LogP contribution is -2.20. The van der Waals surface area contributed by atoms with Crippen LogP contribution in [0.15, 0.2) is 29.7 Å². The third-order valence-electron chi connectivity index (χ3n) is 3.55. The van der Waals surface area contributed by atoms with Gasteiger partial charge in [0.2, 0.25) is 0 Å². The van der Waals surface area contributed by atoms with Crippen molar-refractivity contribution >= 4 is 11.8 Å². The van der Waals surface area contributed by atoms with Crippen molar-refractivity contribution < 1.29 is 9.84 Å². The van der Waals surface area contributed by atoms with E-state index in [4.69, 9.17) is 4.74 Å². The van der Waals surface area contributed by atoms with Gasteiger partial charge in [-0.25, -0.2) is 0 Å². The summed E-state index contributed by atoms with van der Waals surface area (Å²) in [5.74, 6) is 1.34. The van der Waals surface area contributed by atoms with Crippen LogP contribution in [0, 0.1) is 6.92 Å². The number of hydrogen-bond donors (Lipinski definition) is 1. The Kier molecular flexibility index (Phi) is 5.70. The number of nitrogens with zero attached hydrogens (tertiary/aromatic N) is 3. The highest BCUT2D eigenvalue weighted by molar-refractivity contribution is 7.99. The zero-order valence-electron chi connectivity index (χ0n) is 14.4. The molecular formula is C17H25N3O2S. The number of aryl methyl sites for hydroxylation is 2. The van der Waals surface area contributed by atoms with Crippen LogP contribution < -0.4 is 4.74 Å². The lowest BCUT2D eigenvalue weighted by Gasteiger charge is -2.21. The summed E-state index contributed by atoms with van der Waals surface area (Å²) in [5, 5.41) is 18.6. The van der Waals surface area contributed by atoms with Crippen molar-refractivity contribution in [1.82, 2.24) is 14.8 Å². The van der Waals surface area contributed by atoms with Gasteiger partial charge in [-0.3, -0.25) is 0 Å². The number of rotatable bonds is 6. The van der Waals surface area contributed by atoms with Crippen molar-refractivity contribution in [2.75, 3.05) is 12.4 Å². The van der Waals surface area contributed by atoms with Crippen LogP contribution in [0.1, 0.15) is 31.9 Å². The average Bonchev–Trinajstić information content (AvgIpc) is 2.88. The number of thioether (sulfide) groups is 1. The summed E-state index contributed by atoms with van der Waals surface area (Å²) in [6.07, 6.45) is 1.09. The third-order valence-corrected chi connectivity index (χ3v) is 4.73. The van der Waals surface area contributed by atoms with Gasteiger partial charge in [0.1, 0.15) is 18.7 Å². The fraction of sp³-hybridized carbons (Fsp3) is 0.529. The minimum Gasteiger partial charge on any atom is -0.491 e. The van der Waals surface area contributed by atoms with E-state index in [1.54, 1.807) is 6.33 Å². The molecule has 0 spiro atoms. The monoisotopic (exact) mass is 335 g/mol. The standard InChI is InChI=1S/C17H25N3O2S/c1-12-8-13(17(2,3)4)6-7-15(12)22-9-14(21)10-23-16-19-18-11-20(16)5/h6-8,11,14,21H,9-10H2,1-5H3/t14-/m0/s1. The van der Waals surface area contributed by atoms with Crippen molar-refractivity contribution in [3.8, 4) is 5.75 Å². The molecule has 0 fully saturated rings. The Labute approximate surface area is 142 Å². The molecular weight excluding hydrogens is 310 g/mol. The van der Waals surface area contributed by atoms with E-state index < -0.39 is 6.10 Å². The lowest BCUT2D eigenvalue weighted by molar-refractivity contribution is 0.126. The number of aromatic nitrogens is 3. The Morgan fingerprint density at radius 3 is 2.65 bits per heavy atom. The summed E-state index contributed by atoms with van der Waals surface area (Å²) in [6, 6.07) is 6.22. The smallest absolute Gasteiger partial charge is 0.190 e. The first-order valence-electron chi connectivity index (χ1n) is 7.66. The van der Waals surface area contributed by atoms with Crippen LogP contribution in [-0.4, -0.2) is 38.3 Å². The Balaban J connectivity index is 1.86. The van der Waals surface area contributed by atoms with Gasteiger partial charge in [-0.2, -0.15) is 0 Å². The summed E-state index contributed by atoms with van der Waals surface area (Å²) in [5.41, 5.74) is 2.49. The Morgan fingerprint density at radius 2 is 2.09 bits per heavy atom. The van der Waals surface area contributed by atoms with Gasteiger partial charge >= 0.3 is 0 Å². The molecule has 1 aromatic carbocycles. The van der Waals surface area contributed by atoms with Gasteiger partial charge in [-0.05, 0) is 29.5 Å². The predicted molar refractivity (Wildman–Crippen MR) is 93.1 cm³/mol. The number of aliphatic hydroxyl groups excluding tert-OH is 1. The summed E-state index contributed by atoms with van der Waals surface area (Å²) < 4.78 is 7.59. The van der Waals surface area contributed by atoms with Crippen LogP contribution in [0.2, 0.25) is 0 Å². The SMILES string of the molecule is Cc1cc(C(C)(C)C)ccc1OC[C@H](O)CSc1nncn1C. The molecule has 23 heavy (non-hydrogen) atoms. The van der Waals surface area contributed by atoms with Crippen LogP contribution in [0.25, 0.3) is 0 Å². The van der Waals surface area contributed by atoms with Crippen molar-refractivity contribution in [2.45, 2.75) is 44.4 Å². The molecule has 2 aromatic rings. The highest BCUT2D eigenvalue weighted by Gasteiger charge is 2.15. The van der Waals surface area contributed by atoms with E-state index in [9.17, 15) is 5.11 Å². The zero-order chi connectivity index (χ0) is 17.0.